The van der Waals surface area contributed by atoms with Crippen LogP contribution in [0.25, 0.3) is 0 Å². The Balaban J connectivity index is -0.0000000200. The Morgan fingerprint density at radius 2 is 1.60 bits per heavy atom. The molecule has 0 atom stereocenters. The zero-order chi connectivity index (χ0) is 2.71. The number of rotatable bonds is 0. The topological polar surface area (TPSA) is 0 Å². The van der Waals surface area contributed by atoms with Crippen molar-refractivity contribution in [1.82, 2.24) is 0 Å². The van der Waals surface area contributed by atoms with Crippen LogP contribution >= 0.6 is 0 Å². The Morgan fingerprint density at radius 3 is 1.60 bits per heavy atom. The van der Waals surface area contributed by atoms with Gasteiger partial charge in [-0.3, -0.25) is 6.08 Å². The SMILES string of the molecule is [B].[CH-]=CC.[W]. The molecule has 0 N–H and O–H groups in total. The number of allylic oxidation sites excluding steroid dienone is 1. The quantitative estimate of drug-likeness (QED) is 0.427. The fourth-order valence-corrected chi connectivity index (χ4v) is 0. The van der Waals surface area contributed by atoms with E-state index < -0.39 is 0 Å². The van der Waals surface area contributed by atoms with Crippen molar-refractivity contribution in [2.75, 3.05) is 0 Å². The van der Waals surface area contributed by atoms with Crippen LogP contribution in [0.15, 0.2) is 6.08 Å². The van der Waals surface area contributed by atoms with Gasteiger partial charge in [-0.25, -0.2) is 0 Å². The smallest absolute Gasteiger partial charge is 0 e. The molecule has 0 aliphatic rings. The molecule has 3 radical (unpaired) electrons. The monoisotopic (exact) mass is 236 g/mol. The van der Waals surface area contributed by atoms with Crippen molar-refractivity contribution in [3.05, 3.63) is 12.7 Å². The zero-order valence-corrected chi connectivity index (χ0v) is 6.07. The summed E-state index contributed by atoms with van der Waals surface area (Å²) in [6.45, 7) is 6.50. The van der Waals surface area contributed by atoms with Crippen LogP contribution in [-0.4, -0.2) is 8.41 Å². The minimum Gasteiger partial charge on any atom is -0.518 e. The van der Waals surface area contributed by atoms with Gasteiger partial charge in [0.05, 0.1) is 0 Å². The van der Waals surface area contributed by atoms with Crippen LogP contribution < -0.4 is 0 Å². The van der Waals surface area contributed by atoms with E-state index in [0.29, 0.717) is 0 Å². The molecule has 0 bridgehead atoms. The normalized spacial score (nSPS) is 2.60. The third-order valence-corrected chi connectivity index (χ3v) is 0. The first kappa shape index (κ1) is 17.8. The molecule has 0 saturated carbocycles. The van der Waals surface area contributed by atoms with Crippen LogP contribution in [-0.2, 0) is 21.1 Å². The summed E-state index contributed by atoms with van der Waals surface area (Å²) in [5.41, 5.74) is 0. The molecule has 0 amide bonds. The van der Waals surface area contributed by atoms with Crippen LogP contribution in [0.1, 0.15) is 6.92 Å². The molecule has 5 heavy (non-hydrogen) atoms. The van der Waals surface area contributed by atoms with Gasteiger partial charge in [-0.15, -0.1) is 0 Å². The predicted octanol–water partition coefficient (Wildman–Crippen LogP) is 0.612. The first-order chi connectivity index (χ1) is 1.41. The van der Waals surface area contributed by atoms with Crippen LogP contribution in [0, 0.1) is 6.58 Å². The van der Waals surface area contributed by atoms with E-state index in [4.69, 9.17) is 6.58 Å². The third-order valence-electron chi connectivity index (χ3n) is 0. The maximum atomic E-state index is 4.72. The van der Waals surface area contributed by atoms with E-state index in [0.717, 1.165) is 0 Å². The van der Waals surface area contributed by atoms with Crippen molar-refractivity contribution in [3.63, 3.8) is 0 Å². The summed E-state index contributed by atoms with van der Waals surface area (Å²) in [5, 5.41) is 0. The molecule has 0 spiro atoms. The molecule has 0 fully saturated rings. The van der Waals surface area contributed by atoms with Crippen molar-refractivity contribution < 1.29 is 21.1 Å². The summed E-state index contributed by atoms with van der Waals surface area (Å²) in [7, 11) is 0. The van der Waals surface area contributed by atoms with Crippen LogP contribution in [0.3, 0.4) is 0 Å². The minimum atomic E-state index is 0. The molecule has 0 saturated heterocycles. The van der Waals surface area contributed by atoms with E-state index in [1.165, 1.54) is 6.08 Å². The first-order valence-electron chi connectivity index (χ1n) is 0.911. The van der Waals surface area contributed by atoms with E-state index >= 15 is 0 Å². The van der Waals surface area contributed by atoms with Gasteiger partial charge in [-0.2, -0.15) is 0 Å². The van der Waals surface area contributed by atoms with E-state index in [2.05, 4.69) is 0 Å². The summed E-state index contributed by atoms with van der Waals surface area (Å²) < 4.78 is 0. The Hall–Kier alpha value is 0.493. The summed E-state index contributed by atoms with van der Waals surface area (Å²) >= 11 is 0. The number of hydrogen-bond donors (Lipinski definition) is 0. The van der Waals surface area contributed by atoms with E-state index in [1.807, 2.05) is 0 Å². The fraction of sp³-hybridized carbons (Fsp3) is 0.333. The molecule has 0 aromatic carbocycles. The maximum Gasteiger partial charge on any atom is 0 e. The minimum absolute atomic E-state index is 0. The molecular formula is C3H5BW-. The van der Waals surface area contributed by atoms with E-state index in [-0.39, 0.29) is 29.5 Å². The van der Waals surface area contributed by atoms with Gasteiger partial charge >= 0.3 is 0 Å². The molecule has 0 aromatic heterocycles. The molecule has 0 heterocycles. The van der Waals surface area contributed by atoms with Gasteiger partial charge in [0, 0.05) is 29.5 Å². The van der Waals surface area contributed by atoms with Crippen molar-refractivity contribution in [3.8, 4) is 0 Å². The van der Waals surface area contributed by atoms with Crippen LogP contribution in [0.2, 0.25) is 0 Å². The van der Waals surface area contributed by atoms with Crippen molar-refractivity contribution in [2.45, 2.75) is 6.92 Å². The van der Waals surface area contributed by atoms with Crippen molar-refractivity contribution in [1.29, 1.82) is 0 Å². The zero-order valence-electron chi connectivity index (χ0n) is 3.14. The second kappa shape index (κ2) is 24.6. The summed E-state index contributed by atoms with van der Waals surface area (Å²) in [5.74, 6) is 0. The van der Waals surface area contributed by atoms with Crippen molar-refractivity contribution >= 4 is 8.41 Å². The van der Waals surface area contributed by atoms with Gasteiger partial charge in [0.1, 0.15) is 0 Å². The molecule has 2 heteroatoms. The largest absolute Gasteiger partial charge is 0.518 e. The molecule has 0 unspecified atom stereocenters. The molecule has 0 aliphatic carbocycles. The fourth-order valence-electron chi connectivity index (χ4n) is 0. The number of hydrogen-bond acceptors (Lipinski definition) is 0. The Morgan fingerprint density at radius 1 is 1.60 bits per heavy atom. The molecular weight excluding hydrogens is 231 g/mol. The molecule has 0 aromatic rings. The maximum absolute atomic E-state index is 4.72. The Kier molecular flexibility index (Phi) is 87.7. The van der Waals surface area contributed by atoms with E-state index in [9.17, 15) is 0 Å². The van der Waals surface area contributed by atoms with Gasteiger partial charge in [0.15, 0.2) is 0 Å². The Labute approximate surface area is 49.5 Å². The standard InChI is InChI=1S/C3H5.B.W/c1-3-2;;/h1,3H,2H3;;/q-1;;. The predicted molar refractivity (Wildman–Crippen MR) is 20.3 cm³/mol. The van der Waals surface area contributed by atoms with Crippen LogP contribution in [0.5, 0.6) is 0 Å². The first-order valence-corrected chi connectivity index (χ1v) is 0.911. The second-order valence-electron chi connectivity index (χ2n) is 0.333. The van der Waals surface area contributed by atoms with Gasteiger partial charge in [-0.1, -0.05) is 6.92 Å². The molecule has 0 nitrogen and oxygen atoms in total. The van der Waals surface area contributed by atoms with Crippen LogP contribution in [0.4, 0.5) is 0 Å². The molecule has 27 valence electrons. The summed E-state index contributed by atoms with van der Waals surface area (Å²) in [4.78, 5) is 0. The molecule has 0 aliphatic heterocycles. The average molecular weight is 236 g/mol. The molecule has 0 rings (SSSR count). The van der Waals surface area contributed by atoms with Crippen molar-refractivity contribution in [2.24, 2.45) is 0 Å². The van der Waals surface area contributed by atoms with Gasteiger partial charge in [0.25, 0.3) is 0 Å². The summed E-state index contributed by atoms with van der Waals surface area (Å²) in [6.07, 6.45) is 1.50. The third kappa shape index (κ3) is 115. The second-order valence-corrected chi connectivity index (χ2v) is 0.333. The van der Waals surface area contributed by atoms with Gasteiger partial charge < -0.3 is 6.58 Å². The van der Waals surface area contributed by atoms with Gasteiger partial charge in [0.2, 0.25) is 0 Å². The average Bonchev–Trinajstić information content (AvgIpc) is 0.918. The summed E-state index contributed by atoms with van der Waals surface area (Å²) in [6, 6.07) is 0. The van der Waals surface area contributed by atoms with E-state index in [1.54, 1.807) is 6.92 Å². The Bertz CT molecular complexity index is 14.4. The van der Waals surface area contributed by atoms with Gasteiger partial charge in [-0.05, 0) is 0 Å².